The number of carboxylic acid groups (broad SMARTS) is 1. The molecule has 0 radical (unpaired) electrons. The fourth-order valence-electron chi connectivity index (χ4n) is 3.50. The van der Waals surface area contributed by atoms with E-state index in [0.717, 1.165) is 29.8 Å². The third kappa shape index (κ3) is 4.42. The summed E-state index contributed by atoms with van der Waals surface area (Å²) < 4.78 is 5.87. The minimum Gasteiger partial charge on any atom is -0.490 e. The maximum Gasteiger partial charge on any atom is 0.336 e. The van der Waals surface area contributed by atoms with Crippen molar-refractivity contribution in [2.24, 2.45) is 0 Å². The summed E-state index contributed by atoms with van der Waals surface area (Å²) in [5.41, 5.74) is 1.19. The number of β-amino-alcohol motifs (C(OH)–C–C–N with tert-alkyl or cyclic N) is 1. The predicted molar refractivity (Wildman–Crippen MR) is 99.5 cm³/mol. The summed E-state index contributed by atoms with van der Waals surface area (Å²) in [5, 5.41) is 20.3. The van der Waals surface area contributed by atoms with Gasteiger partial charge in [0.25, 0.3) is 0 Å². The van der Waals surface area contributed by atoms with Crippen molar-refractivity contribution in [2.75, 3.05) is 19.7 Å². The second-order valence-electron chi connectivity index (χ2n) is 7.06. The van der Waals surface area contributed by atoms with E-state index in [1.54, 1.807) is 12.1 Å². The second kappa shape index (κ2) is 7.89. The van der Waals surface area contributed by atoms with Gasteiger partial charge in [0.05, 0.1) is 5.56 Å². The Balaban J connectivity index is 1.65. The first-order valence-corrected chi connectivity index (χ1v) is 8.91. The highest BCUT2D eigenvalue weighted by Gasteiger charge is 2.34. The minimum absolute atomic E-state index is 0.231. The molecule has 2 aromatic rings. The summed E-state index contributed by atoms with van der Waals surface area (Å²) in [5.74, 6) is -0.134. The number of hydrogen-bond acceptors (Lipinski definition) is 4. The number of hydrogen-bond donors (Lipinski definition) is 2. The Morgan fingerprint density at radius 1 is 1.19 bits per heavy atom. The lowest BCUT2D eigenvalue weighted by atomic mass is 9.93. The van der Waals surface area contributed by atoms with Crippen molar-refractivity contribution in [1.82, 2.24) is 4.90 Å². The number of aryl methyl sites for hydroxylation is 1. The van der Waals surface area contributed by atoms with Gasteiger partial charge in [0.1, 0.15) is 18.0 Å². The number of ether oxygens (including phenoxy) is 1. The van der Waals surface area contributed by atoms with E-state index in [4.69, 9.17) is 4.74 Å². The van der Waals surface area contributed by atoms with Gasteiger partial charge in [0.2, 0.25) is 0 Å². The van der Waals surface area contributed by atoms with Crippen molar-refractivity contribution in [2.45, 2.75) is 31.9 Å². The first kappa shape index (κ1) is 18.4. The number of piperidine rings is 1. The minimum atomic E-state index is -0.932. The first-order chi connectivity index (χ1) is 12.5. The lowest BCUT2D eigenvalue weighted by Gasteiger charge is -2.39. The Labute approximate surface area is 153 Å². The molecule has 2 N–H and O–H groups in total. The molecule has 0 aliphatic carbocycles. The lowest BCUT2D eigenvalue weighted by molar-refractivity contribution is -0.0622. The maximum atomic E-state index is 11.4. The number of rotatable bonds is 6. The number of nitrogens with zero attached hydrogens (tertiary/aromatic N) is 1. The Morgan fingerprint density at radius 3 is 2.69 bits per heavy atom. The van der Waals surface area contributed by atoms with Crippen molar-refractivity contribution >= 4 is 5.97 Å². The van der Waals surface area contributed by atoms with Gasteiger partial charge in [-0.2, -0.15) is 0 Å². The number of carbonyl (C=O) groups is 1. The van der Waals surface area contributed by atoms with Crippen LogP contribution in [-0.4, -0.2) is 46.4 Å². The van der Waals surface area contributed by atoms with E-state index in [1.807, 2.05) is 43.3 Å². The quantitative estimate of drug-likeness (QED) is 0.833. The van der Waals surface area contributed by atoms with Gasteiger partial charge in [-0.05, 0) is 49.6 Å². The fourth-order valence-corrected chi connectivity index (χ4v) is 3.50. The van der Waals surface area contributed by atoms with Gasteiger partial charge in [0.15, 0.2) is 0 Å². The molecule has 2 aromatic carbocycles. The van der Waals surface area contributed by atoms with E-state index in [2.05, 4.69) is 4.90 Å². The van der Waals surface area contributed by atoms with Crippen LogP contribution in [0.15, 0.2) is 48.5 Å². The Bertz CT molecular complexity index is 776. The van der Waals surface area contributed by atoms with E-state index in [1.165, 1.54) is 0 Å². The van der Waals surface area contributed by atoms with E-state index in [9.17, 15) is 15.0 Å². The van der Waals surface area contributed by atoms with Crippen molar-refractivity contribution in [3.8, 4) is 5.75 Å². The van der Waals surface area contributed by atoms with Gasteiger partial charge in [-0.25, -0.2) is 4.79 Å². The molecule has 0 bridgehead atoms. The Hall–Kier alpha value is -2.37. The number of aliphatic hydroxyl groups is 1. The molecule has 0 unspecified atom stereocenters. The third-order valence-electron chi connectivity index (χ3n) is 4.87. The van der Waals surface area contributed by atoms with Crippen LogP contribution in [0, 0.1) is 6.92 Å². The molecule has 26 heavy (non-hydrogen) atoms. The van der Waals surface area contributed by atoms with E-state index in [-0.39, 0.29) is 6.61 Å². The van der Waals surface area contributed by atoms with Crippen molar-refractivity contribution in [1.29, 1.82) is 0 Å². The molecule has 1 saturated heterocycles. The third-order valence-corrected chi connectivity index (χ3v) is 4.87. The Morgan fingerprint density at radius 2 is 1.92 bits per heavy atom. The lowest BCUT2D eigenvalue weighted by Crippen LogP contribution is -2.51. The van der Waals surface area contributed by atoms with Crippen LogP contribution < -0.4 is 4.74 Å². The van der Waals surface area contributed by atoms with Crippen LogP contribution in [0.1, 0.15) is 34.3 Å². The first-order valence-electron chi connectivity index (χ1n) is 8.91. The van der Waals surface area contributed by atoms with E-state index < -0.39 is 11.6 Å². The molecule has 1 aliphatic rings. The van der Waals surface area contributed by atoms with Gasteiger partial charge in [0, 0.05) is 13.1 Å². The SMILES string of the molecule is Cc1ccccc1OC[C@]1(O)CCCN(Cc2ccccc2C(=O)O)C1. The highest BCUT2D eigenvalue weighted by atomic mass is 16.5. The average Bonchev–Trinajstić information content (AvgIpc) is 2.61. The molecule has 0 amide bonds. The molecule has 5 heteroatoms. The summed E-state index contributed by atoms with van der Waals surface area (Å²) in [6, 6.07) is 14.8. The largest absolute Gasteiger partial charge is 0.490 e. The van der Waals surface area contributed by atoms with Crippen LogP contribution in [0.3, 0.4) is 0 Å². The molecule has 1 heterocycles. The fraction of sp³-hybridized carbons (Fsp3) is 0.381. The summed E-state index contributed by atoms with van der Waals surface area (Å²) >= 11 is 0. The topological polar surface area (TPSA) is 70.0 Å². The van der Waals surface area contributed by atoms with Crippen LogP contribution in [0.25, 0.3) is 0 Å². The van der Waals surface area contributed by atoms with Gasteiger partial charge in [-0.3, -0.25) is 4.90 Å². The van der Waals surface area contributed by atoms with Crippen LogP contribution in [0.5, 0.6) is 5.75 Å². The molecule has 5 nitrogen and oxygen atoms in total. The number of aromatic carboxylic acids is 1. The summed E-state index contributed by atoms with van der Waals surface area (Å²) in [7, 11) is 0. The molecule has 3 rings (SSSR count). The van der Waals surface area contributed by atoms with Gasteiger partial charge in [-0.15, -0.1) is 0 Å². The highest BCUT2D eigenvalue weighted by molar-refractivity contribution is 5.89. The van der Waals surface area contributed by atoms with Crippen LogP contribution >= 0.6 is 0 Å². The normalized spacial score (nSPS) is 20.7. The van der Waals surface area contributed by atoms with Crippen molar-refractivity contribution < 1.29 is 19.7 Å². The van der Waals surface area contributed by atoms with Crippen LogP contribution in [-0.2, 0) is 6.54 Å². The summed E-state index contributed by atoms with van der Waals surface area (Å²) in [6.45, 7) is 4.02. The molecular weight excluding hydrogens is 330 g/mol. The standard InChI is InChI=1S/C21H25NO4/c1-16-7-2-5-10-19(16)26-15-21(25)11-6-12-22(14-21)13-17-8-3-4-9-18(17)20(23)24/h2-5,7-10,25H,6,11-15H2,1H3,(H,23,24)/t21-/m0/s1. The molecule has 1 fully saturated rings. The van der Waals surface area contributed by atoms with Crippen molar-refractivity contribution in [3.63, 3.8) is 0 Å². The van der Waals surface area contributed by atoms with E-state index in [0.29, 0.717) is 25.1 Å². The van der Waals surface area contributed by atoms with Crippen molar-refractivity contribution in [3.05, 3.63) is 65.2 Å². The maximum absolute atomic E-state index is 11.4. The molecule has 138 valence electrons. The summed E-state index contributed by atoms with van der Waals surface area (Å²) in [6.07, 6.45) is 1.53. The zero-order valence-corrected chi connectivity index (χ0v) is 15.0. The number of para-hydroxylation sites is 1. The number of likely N-dealkylation sites (tertiary alicyclic amines) is 1. The summed E-state index contributed by atoms with van der Waals surface area (Å²) in [4.78, 5) is 13.5. The highest BCUT2D eigenvalue weighted by Crippen LogP contribution is 2.26. The second-order valence-corrected chi connectivity index (χ2v) is 7.06. The molecule has 0 saturated carbocycles. The Kier molecular flexibility index (Phi) is 5.59. The van der Waals surface area contributed by atoms with Gasteiger partial charge < -0.3 is 14.9 Å². The number of benzene rings is 2. The zero-order valence-electron chi connectivity index (χ0n) is 15.0. The molecular formula is C21H25NO4. The zero-order chi connectivity index (χ0) is 18.6. The molecule has 1 atom stereocenters. The van der Waals surface area contributed by atoms with Gasteiger partial charge in [-0.1, -0.05) is 36.4 Å². The predicted octanol–water partition coefficient (Wildman–Crippen LogP) is 3.10. The van der Waals surface area contributed by atoms with Crippen LogP contribution in [0.4, 0.5) is 0 Å². The van der Waals surface area contributed by atoms with E-state index >= 15 is 0 Å². The number of carboxylic acids is 1. The monoisotopic (exact) mass is 355 g/mol. The van der Waals surface area contributed by atoms with Crippen LogP contribution in [0.2, 0.25) is 0 Å². The smallest absolute Gasteiger partial charge is 0.336 e. The molecule has 0 spiro atoms. The van der Waals surface area contributed by atoms with Gasteiger partial charge >= 0.3 is 5.97 Å². The average molecular weight is 355 g/mol. The molecule has 1 aliphatic heterocycles. The molecule has 0 aromatic heterocycles.